The molecule has 0 aliphatic carbocycles. The van der Waals surface area contributed by atoms with Gasteiger partial charge in [-0.05, 0) is 24.1 Å². The zero-order valence-electron chi connectivity index (χ0n) is 11.9. The standard InChI is InChI=1S/C17H21NO2/c1-12-7-3-4-8-13(12)17(19)15(11-18)14-9-5-6-10-16(14)20-2/h3-10,15,17,19H,11,18H2,1-2H3. The van der Waals surface area contributed by atoms with Crippen molar-refractivity contribution in [3.63, 3.8) is 0 Å². The predicted molar refractivity (Wildman–Crippen MR) is 80.9 cm³/mol. The highest BCUT2D eigenvalue weighted by Crippen LogP contribution is 2.36. The van der Waals surface area contributed by atoms with E-state index in [9.17, 15) is 5.11 Å². The maximum atomic E-state index is 10.7. The van der Waals surface area contributed by atoms with Crippen molar-refractivity contribution in [1.82, 2.24) is 0 Å². The van der Waals surface area contributed by atoms with Crippen LogP contribution in [-0.2, 0) is 0 Å². The van der Waals surface area contributed by atoms with Gasteiger partial charge in [-0.15, -0.1) is 0 Å². The summed E-state index contributed by atoms with van der Waals surface area (Å²) in [6.45, 7) is 2.35. The fourth-order valence-electron chi connectivity index (χ4n) is 2.53. The van der Waals surface area contributed by atoms with Crippen LogP contribution >= 0.6 is 0 Å². The summed E-state index contributed by atoms with van der Waals surface area (Å²) in [7, 11) is 1.63. The topological polar surface area (TPSA) is 55.5 Å². The van der Waals surface area contributed by atoms with Gasteiger partial charge in [0.25, 0.3) is 0 Å². The molecule has 3 nitrogen and oxygen atoms in total. The van der Waals surface area contributed by atoms with Gasteiger partial charge in [-0.1, -0.05) is 42.5 Å². The van der Waals surface area contributed by atoms with E-state index in [1.54, 1.807) is 7.11 Å². The molecule has 0 fully saturated rings. The van der Waals surface area contributed by atoms with Gasteiger partial charge in [0.15, 0.2) is 0 Å². The average Bonchev–Trinajstić information content (AvgIpc) is 2.49. The van der Waals surface area contributed by atoms with Crippen molar-refractivity contribution in [3.05, 3.63) is 65.2 Å². The Balaban J connectivity index is 2.40. The molecule has 106 valence electrons. The van der Waals surface area contributed by atoms with E-state index < -0.39 is 6.10 Å². The smallest absolute Gasteiger partial charge is 0.122 e. The van der Waals surface area contributed by atoms with Crippen LogP contribution in [-0.4, -0.2) is 18.8 Å². The van der Waals surface area contributed by atoms with E-state index in [0.717, 1.165) is 22.4 Å². The number of rotatable bonds is 5. The molecule has 0 heterocycles. The first kappa shape index (κ1) is 14.6. The van der Waals surface area contributed by atoms with E-state index in [4.69, 9.17) is 10.5 Å². The Bertz CT molecular complexity index is 568. The third kappa shape index (κ3) is 2.84. The molecule has 2 atom stereocenters. The van der Waals surface area contributed by atoms with Crippen LogP contribution in [0.2, 0.25) is 0 Å². The summed E-state index contributed by atoms with van der Waals surface area (Å²) < 4.78 is 5.38. The summed E-state index contributed by atoms with van der Waals surface area (Å²) in [6, 6.07) is 15.5. The molecule has 0 aliphatic rings. The minimum Gasteiger partial charge on any atom is -0.496 e. The van der Waals surface area contributed by atoms with Gasteiger partial charge in [0.05, 0.1) is 13.2 Å². The Morgan fingerprint density at radius 1 is 1.05 bits per heavy atom. The zero-order chi connectivity index (χ0) is 14.5. The molecule has 0 aliphatic heterocycles. The highest BCUT2D eigenvalue weighted by atomic mass is 16.5. The average molecular weight is 271 g/mol. The molecule has 0 spiro atoms. The maximum absolute atomic E-state index is 10.7. The van der Waals surface area contributed by atoms with Gasteiger partial charge < -0.3 is 15.6 Å². The highest BCUT2D eigenvalue weighted by Gasteiger charge is 2.25. The molecule has 0 saturated heterocycles. The van der Waals surface area contributed by atoms with E-state index in [0.29, 0.717) is 6.54 Å². The van der Waals surface area contributed by atoms with Crippen LogP contribution in [0, 0.1) is 6.92 Å². The Kier molecular flexibility index (Phi) is 4.77. The van der Waals surface area contributed by atoms with Crippen molar-refractivity contribution in [2.45, 2.75) is 18.9 Å². The van der Waals surface area contributed by atoms with Gasteiger partial charge in [0.2, 0.25) is 0 Å². The van der Waals surface area contributed by atoms with Crippen molar-refractivity contribution < 1.29 is 9.84 Å². The molecule has 2 aromatic rings. The van der Waals surface area contributed by atoms with Crippen molar-refractivity contribution in [3.8, 4) is 5.75 Å². The Labute approximate surface area is 120 Å². The van der Waals surface area contributed by atoms with Crippen LogP contribution in [0.25, 0.3) is 0 Å². The molecule has 0 radical (unpaired) electrons. The molecule has 0 amide bonds. The molecule has 0 saturated carbocycles. The predicted octanol–water partition coefficient (Wildman–Crippen LogP) is 2.78. The minimum absolute atomic E-state index is 0.188. The number of hydrogen-bond donors (Lipinski definition) is 2. The molecule has 0 aromatic heterocycles. The number of benzene rings is 2. The lowest BCUT2D eigenvalue weighted by Gasteiger charge is -2.25. The van der Waals surface area contributed by atoms with Gasteiger partial charge in [-0.2, -0.15) is 0 Å². The molecule has 3 N–H and O–H groups in total. The molecular formula is C17H21NO2. The number of nitrogens with two attached hydrogens (primary N) is 1. The van der Waals surface area contributed by atoms with Gasteiger partial charge in [-0.3, -0.25) is 0 Å². The first-order chi connectivity index (χ1) is 9.69. The summed E-state index contributed by atoms with van der Waals surface area (Å²) in [6.07, 6.45) is -0.641. The van der Waals surface area contributed by atoms with Gasteiger partial charge in [0.1, 0.15) is 5.75 Å². The highest BCUT2D eigenvalue weighted by molar-refractivity contribution is 5.39. The monoisotopic (exact) mass is 271 g/mol. The van der Waals surface area contributed by atoms with Gasteiger partial charge >= 0.3 is 0 Å². The fraction of sp³-hybridized carbons (Fsp3) is 0.294. The number of ether oxygens (including phenoxy) is 1. The molecule has 3 heteroatoms. The van der Waals surface area contributed by atoms with Crippen LogP contribution in [0.3, 0.4) is 0 Å². The molecule has 0 bridgehead atoms. The van der Waals surface area contributed by atoms with Crippen LogP contribution in [0.15, 0.2) is 48.5 Å². The van der Waals surface area contributed by atoms with E-state index in [1.165, 1.54) is 0 Å². The first-order valence-corrected chi connectivity index (χ1v) is 6.75. The van der Waals surface area contributed by atoms with Crippen LogP contribution in [0.4, 0.5) is 0 Å². The second kappa shape index (κ2) is 6.55. The second-order valence-corrected chi connectivity index (χ2v) is 4.89. The van der Waals surface area contributed by atoms with Crippen molar-refractivity contribution in [2.75, 3.05) is 13.7 Å². The number of aliphatic hydroxyl groups excluding tert-OH is 1. The lowest BCUT2D eigenvalue weighted by Crippen LogP contribution is -2.21. The zero-order valence-corrected chi connectivity index (χ0v) is 11.9. The third-order valence-corrected chi connectivity index (χ3v) is 3.68. The minimum atomic E-state index is -0.641. The van der Waals surface area contributed by atoms with Crippen LogP contribution in [0.5, 0.6) is 5.75 Å². The molecule has 20 heavy (non-hydrogen) atoms. The van der Waals surface area contributed by atoms with Crippen LogP contribution < -0.4 is 10.5 Å². The molecule has 2 aromatic carbocycles. The van der Waals surface area contributed by atoms with E-state index in [2.05, 4.69) is 0 Å². The van der Waals surface area contributed by atoms with Gasteiger partial charge in [-0.25, -0.2) is 0 Å². The van der Waals surface area contributed by atoms with E-state index in [1.807, 2.05) is 55.5 Å². The number of para-hydroxylation sites is 1. The number of aryl methyl sites for hydroxylation is 1. The number of methoxy groups -OCH3 is 1. The van der Waals surface area contributed by atoms with Crippen molar-refractivity contribution >= 4 is 0 Å². The van der Waals surface area contributed by atoms with Crippen molar-refractivity contribution in [2.24, 2.45) is 5.73 Å². The Morgan fingerprint density at radius 3 is 2.25 bits per heavy atom. The summed E-state index contributed by atoms with van der Waals surface area (Å²) in [5, 5.41) is 10.7. The number of hydrogen-bond acceptors (Lipinski definition) is 3. The molecule has 2 unspecified atom stereocenters. The summed E-state index contributed by atoms with van der Waals surface area (Å²) in [5.74, 6) is 0.572. The summed E-state index contributed by atoms with van der Waals surface area (Å²) >= 11 is 0. The second-order valence-electron chi connectivity index (χ2n) is 4.89. The van der Waals surface area contributed by atoms with Crippen LogP contribution in [0.1, 0.15) is 28.7 Å². The quantitative estimate of drug-likeness (QED) is 0.879. The lowest BCUT2D eigenvalue weighted by molar-refractivity contribution is 0.145. The van der Waals surface area contributed by atoms with E-state index >= 15 is 0 Å². The van der Waals surface area contributed by atoms with E-state index in [-0.39, 0.29) is 5.92 Å². The summed E-state index contributed by atoms with van der Waals surface area (Å²) in [5.41, 5.74) is 8.81. The lowest BCUT2D eigenvalue weighted by atomic mass is 9.87. The van der Waals surface area contributed by atoms with Crippen molar-refractivity contribution in [1.29, 1.82) is 0 Å². The Hall–Kier alpha value is -1.84. The molecule has 2 rings (SSSR count). The maximum Gasteiger partial charge on any atom is 0.122 e. The first-order valence-electron chi connectivity index (χ1n) is 6.75. The largest absolute Gasteiger partial charge is 0.496 e. The SMILES string of the molecule is COc1ccccc1C(CN)C(O)c1ccccc1C. The summed E-state index contributed by atoms with van der Waals surface area (Å²) in [4.78, 5) is 0. The Morgan fingerprint density at radius 2 is 1.65 bits per heavy atom. The fourth-order valence-corrected chi connectivity index (χ4v) is 2.53. The normalized spacial score (nSPS) is 13.8. The third-order valence-electron chi connectivity index (χ3n) is 3.68. The van der Waals surface area contributed by atoms with Gasteiger partial charge in [0, 0.05) is 18.0 Å². The number of aliphatic hydroxyl groups is 1. The molecular weight excluding hydrogens is 250 g/mol.